The van der Waals surface area contributed by atoms with E-state index in [2.05, 4.69) is 4.98 Å². The summed E-state index contributed by atoms with van der Waals surface area (Å²) in [7, 11) is 2.87. The molecule has 188 valence electrons. The molecule has 5 rings (SSSR count). The highest BCUT2D eigenvalue weighted by Crippen LogP contribution is 2.46. The van der Waals surface area contributed by atoms with Crippen LogP contribution in [0.3, 0.4) is 0 Å². The lowest BCUT2D eigenvalue weighted by molar-refractivity contribution is -0.132. The summed E-state index contributed by atoms with van der Waals surface area (Å²) in [5.41, 5.74) is 2.74. The van der Waals surface area contributed by atoms with Crippen molar-refractivity contribution in [2.24, 2.45) is 0 Å². The van der Waals surface area contributed by atoms with Crippen molar-refractivity contribution < 1.29 is 24.2 Å². The molecule has 2 heterocycles. The monoisotopic (exact) mass is 536 g/mol. The Morgan fingerprint density at radius 1 is 0.973 bits per heavy atom. The number of aromatic nitrogens is 1. The molecule has 0 spiro atoms. The number of aliphatic hydroxyl groups is 1. The van der Waals surface area contributed by atoms with Gasteiger partial charge in [0, 0.05) is 39.4 Å². The van der Waals surface area contributed by atoms with Crippen LogP contribution in [0.15, 0.2) is 66.4 Å². The first kappa shape index (κ1) is 24.7. The van der Waals surface area contributed by atoms with Crippen LogP contribution < -0.4 is 14.4 Å². The van der Waals surface area contributed by atoms with E-state index in [9.17, 15) is 14.7 Å². The number of rotatable bonds is 5. The Balaban J connectivity index is 1.81. The molecule has 0 aliphatic carbocycles. The number of aliphatic hydroxyl groups excluding tert-OH is 1. The van der Waals surface area contributed by atoms with E-state index < -0.39 is 23.5 Å². The van der Waals surface area contributed by atoms with Gasteiger partial charge < -0.3 is 19.6 Å². The van der Waals surface area contributed by atoms with Crippen LogP contribution in [0.4, 0.5) is 5.69 Å². The summed E-state index contributed by atoms with van der Waals surface area (Å²) in [6, 6.07) is 14.6. The Labute approximate surface area is 222 Å². The molecule has 9 heteroatoms. The Morgan fingerprint density at radius 2 is 1.70 bits per heavy atom. The second-order valence-electron chi connectivity index (χ2n) is 8.58. The zero-order valence-corrected chi connectivity index (χ0v) is 21.6. The molecule has 1 atom stereocenters. The lowest BCUT2D eigenvalue weighted by Gasteiger charge is -2.25. The highest BCUT2D eigenvalue weighted by Gasteiger charge is 2.48. The number of carbonyl (C=O) groups is 2. The van der Waals surface area contributed by atoms with Gasteiger partial charge in [-0.2, -0.15) is 0 Å². The number of amides is 1. The summed E-state index contributed by atoms with van der Waals surface area (Å²) in [5, 5.41) is 13.0. The molecule has 1 aromatic heterocycles. The molecule has 7 nitrogen and oxygen atoms in total. The number of carbonyl (C=O) groups excluding carboxylic acids is 2. The number of ketones is 1. The van der Waals surface area contributed by atoms with Gasteiger partial charge >= 0.3 is 0 Å². The maximum Gasteiger partial charge on any atom is 0.300 e. The molecular formula is C28H22Cl2N2O5. The number of Topliss-reactive ketones (excluding diaryl/α,β-unsaturated/α-hetero) is 1. The first-order valence-electron chi connectivity index (χ1n) is 11.3. The number of aromatic amines is 1. The number of nitrogens with zero attached hydrogens (tertiary/aromatic N) is 1. The number of anilines is 1. The number of hydrogen-bond acceptors (Lipinski definition) is 5. The summed E-state index contributed by atoms with van der Waals surface area (Å²) < 4.78 is 10.7. The van der Waals surface area contributed by atoms with Crippen LogP contribution in [0, 0.1) is 6.92 Å². The Morgan fingerprint density at radius 3 is 2.41 bits per heavy atom. The van der Waals surface area contributed by atoms with E-state index in [0.29, 0.717) is 22.0 Å². The first-order chi connectivity index (χ1) is 17.8. The van der Waals surface area contributed by atoms with Gasteiger partial charge in [0.2, 0.25) is 0 Å². The number of aryl methyl sites for hydroxylation is 1. The van der Waals surface area contributed by atoms with Gasteiger partial charge in [-0.15, -0.1) is 0 Å². The summed E-state index contributed by atoms with van der Waals surface area (Å²) in [6.07, 6.45) is 1.73. The van der Waals surface area contributed by atoms with Crippen molar-refractivity contribution in [1.82, 2.24) is 4.98 Å². The predicted molar refractivity (Wildman–Crippen MR) is 144 cm³/mol. The fourth-order valence-electron chi connectivity index (χ4n) is 4.64. The van der Waals surface area contributed by atoms with E-state index in [1.165, 1.54) is 31.3 Å². The van der Waals surface area contributed by atoms with Crippen molar-refractivity contribution in [1.29, 1.82) is 0 Å². The number of para-hydroxylation sites is 1. The van der Waals surface area contributed by atoms with E-state index in [4.69, 9.17) is 32.7 Å². The van der Waals surface area contributed by atoms with E-state index in [-0.39, 0.29) is 21.9 Å². The van der Waals surface area contributed by atoms with Crippen molar-refractivity contribution in [2.45, 2.75) is 13.0 Å². The number of hydrogen-bond donors (Lipinski definition) is 2. The van der Waals surface area contributed by atoms with Crippen LogP contribution >= 0.6 is 23.2 Å². The Hall–Kier alpha value is -3.94. The Bertz CT molecular complexity index is 1610. The van der Waals surface area contributed by atoms with Gasteiger partial charge in [-0.25, -0.2) is 0 Å². The lowest BCUT2D eigenvalue weighted by Crippen LogP contribution is -2.29. The van der Waals surface area contributed by atoms with E-state index in [1.54, 1.807) is 24.4 Å². The maximum absolute atomic E-state index is 13.6. The maximum atomic E-state index is 13.6. The summed E-state index contributed by atoms with van der Waals surface area (Å²) in [5.74, 6) is -1.51. The molecule has 4 aromatic rings. The largest absolute Gasteiger partial charge is 0.507 e. The van der Waals surface area contributed by atoms with Gasteiger partial charge in [0.25, 0.3) is 11.7 Å². The third-order valence-electron chi connectivity index (χ3n) is 6.52. The van der Waals surface area contributed by atoms with Gasteiger partial charge in [0.05, 0.1) is 36.4 Å². The minimum atomic E-state index is -0.958. The van der Waals surface area contributed by atoms with E-state index >= 15 is 0 Å². The minimum absolute atomic E-state index is 0.106. The second-order valence-corrected chi connectivity index (χ2v) is 9.39. The standard InChI is InChI=1S/C28H22Cl2N2O5/c1-14-8-9-15(10-19(14)29)32-25(18-13-31-21-7-5-4-6-16(18)21)24(27(34)28(32)35)26(33)17-11-20(30)23(37-3)12-22(17)36-2/h4-13,25,31,33H,1-3H3/b26-24+. The molecule has 1 aliphatic heterocycles. The molecule has 1 amide bonds. The summed E-state index contributed by atoms with van der Waals surface area (Å²) >= 11 is 12.7. The smallest absolute Gasteiger partial charge is 0.300 e. The molecule has 37 heavy (non-hydrogen) atoms. The van der Waals surface area contributed by atoms with Gasteiger partial charge in [-0.3, -0.25) is 14.5 Å². The molecule has 1 unspecified atom stereocenters. The van der Waals surface area contributed by atoms with Crippen molar-refractivity contribution in [3.05, 3.63) is 93.1 Å². The van der Waals surface area contributed by atoms with Crippen molar-refractivity contribution in [3.8, 4) is 11.5 Å². The number of H-pyrrole nitrogens is 1. The number of methoxy groups -OCH3 is 2. The second kappa shape index (κ2) is 9.50. The zero-order valence-electron chi connectivity index (χ0n) is 20.1. The predicted octanol–water partition coefficient (Wildman–Crippen LogP) is 6.43. The van der Waals surface area contributed by atoms with Gasteiger partial charge in [-0.1, -0.05) is 47.5 Å². The van der Waals surface area contributed by atoms with Crippen molar-refractivity contribution in [2.75, 3.05) is 19.1 Å². The highest BCUT2D eigenvalue weighted by atomic mass is 35.5. The summed E-state index contributed by atoms with van der Waals surface area (Å²) in [4.78, 5) is 31.6. The first-order valence-corrected chi connectivity index (χ1v) is 12.1. The van der Waals surface area contributed by atoms with Crippen LogP contribution in [-0.2, 0) is 9.59 Å². The fraction of sp³-hybridized carbons (Fsp3) is 0.143. The molecule has 0 saturated carbocycles. The molecule has 0 radical (unpaired) electrons. The highest BCUT2D eigenvalue weighted by molar-refractivity contribution is 6.52. The van der Waals surface area contributed by atoms with Crippen LogP contribution in [-0.4, -0.2) is 36.0 Å². The average molecular weight is 537 g/mol. The number of ether oxygens (including phenoxy) is 2. The zero-order chi connectivity index (χ0) is 26.4. The van der Waals surface area contributed by atoms with E-state index in [1.807, 2.05) is 31.2 Å². The average Bonchev–Trinajstić information content (AvgIpc) is 3.43. The van der Waals surface area contributed by atoms with Crippen LogP contribution in [0.2, 0.25) is 10.0 Å². The normalized spacial score (nSPS) is 17.0. The number of fused-ring (bicyclic) bond motifs is 1. The van der Waals surface area contributed by atoms with E-state index in [0.717, 1.165) is 16.5 Å². The van der Waals surface area contributed by atoms with Crippen LogP contribution in [0.25, 0.3) is 16.7 Å². The molecule has 0 bridgehead atoms. The third-order valence-corrected chi connectivity index (χ3v) is 7.23. The van der Waals surface area contributed by atoms with Crippen LogP contribution in [0.5, 0.6) is 11.5 Å². The van der Waals surface area contributed by atoms with Crippen molar-refractivity contribution in [3.63, 3.8) is 0 Å². The van der Waals surface area contributed by atoms with Gasteiger partial charge in [0.1, 0.15) is 17.3 Å². The third kappa shape index (κ3) is 4.00. The SMILES string of the molecule is COc1cc(OC)c(/C(O)=C2\C(=O)C(=O)N(c3ccc(C)c(Cl)c3)C2c2c[nH]c3ccccc23)cc1Cl. The van der Waals surface area contributed by atoms with Gasteiger partial charge in [0.15, 0.2) is 0 Å². The molecule has 1 aliphatic rings. The molecule has 1 fully saturated rings. The topological polar surface area (TPSA) is 91.9 Å². The Kier molecular flexibility index (Phi) is 6.35. The minimum Gasteiger partial charge on any atom is -0.507 e. The number of nitrogens with one attached hydrogen (secondary N) is 1. The number of benzene rings is 3. The lowest BCUT2D eigenvalue weighted by atomic mass is 9.94. The number of halogens is 2. The van der Waals surface area contributed by atoms with Crippen molar-refractivity contribution >= 4 is 57.2 Å². The molecule has 1 saturated heterocycles. The molecule has 2 N–H and O–H groups in total. The molecular weight excluding hydrogens is 515 g/mol. The van der Waals surface area contributed by atoms with Gasteiger partial charge in [-0.05, 0) is 36.8 Å². The van der Waals surface area contributed by atoms with Crippen LogP contribution in [0.1, 0.15) is 22.7 Å². The quantitative estimate of drug-likeness (QED) is 0.174. The fourth-order valence-corrected chi connectivity index (χ4v) is 5.05. The summed E-state index contributed by atoms with van der Waals surface area (Å²) in [6.45, 7) is 1.84. The molecule has 3 aromatic carbocycles.